The molecule has 0 N–H and O–H groups in total. The van der Waals surface area contributed by atoms with Crippen molar-refractivity contribution in [3.05, 3.63) is 42.1 Å². The van der Waals surface area contributed by atoms with Gasteiger partial charge in [-0.2, -0.15) is 9.37 Å². The summed E-state index contributed by atoms with van der Waals surface area (Å²) in [5.74, 6) is -2.80. The number of rotatable bonds is 2. The maximum absolute atomic E-state index is 13.9. The number of pyridine rings is 2. The maximum Gasteiger partial charge on any atom is 0.251 e. The van der Waals surface area contributed by atoms with Crippen LogP contribution in [-0.4, -0.2) is 45.7 Å². The van der Waals surface area contributed by atoms with Gasteiger partial charge < -0.3 is 14.4 Å². The van der Waals surface area contributed by atoms with Crippen LogP contribution < -0.4 is 9.80 Å². The van der Waals surface area contributed by atoms with Crippen molar-refractivity contribution in [1.82, 2.24) is 19.5 Å². The van der Waals surface area contributed by atoms with Crippen molar-refractivity contribution in [2.24, 2.45) is 7.05 Å². The topological polar surface area (TPSA) is 50.1 Å². The Hall–Kier alpha value is -2.84. The van der Waals surface area contributed by atoms with Gasteiger partial charge in [-0.05, 0) is 6.07 Å². The molecule has 4 heterocycles. The molecule has 1 saturated heterocycles. The lowest BCUT2D eigenvalue weighted by atomic mass is 10.3. The molecule has 3 aromatic heterocycles. The number of halogens is 3. The fourth-order valence-electron chi connectivity index (χ4n) is 3.10. The number of aryl methyl sites for hydroxylation is 1. The summed E-state index contributed by atoms with van der Waals surface area (Å²) < 4.78 is 42.2. The zero-order valence-electron chi connectivity index (χ0n) is 13.5. The van der Waals surface area contributed by atoms with E-state index in [4.69, 9.17) is 0 Å². The standard InChI is InChI=1S/C16H15F3N6/c1-23-13-2-3-20-9-12(13)21-16(23)25-6-4-24(5-7-25)15-11(18)8-10(17)14(19)22-15/h2-3,8-9H,4-7H2,1H3. The number of hydrogen-bond acceptors (Lipinski definition) is 5. The molecule has 0 saturated carbocycles. The van der Waals surface area contributed by atoms with E-state index in [1.807, 2.05) is 17.7 Å². The van der Waals surface area contributed by atoms with Crippen molar-refractivity contribution in [3.8, 4) is 0 Å². The lowest BCUT2D eigenvalue weighted by molar-refractivity contribution is 0.461. The third-order valence-corrected chi connectivity index (χ3v) is 4.39. The van der Waals surface area contributed by atoms with Gasteiger partial charge in [0.1, 0.15) is 5.52 Å². The summed E-state index contributed by atoms with van der Waals surface area (Å²) in [5, 5.41) is 0. The second-order valence-electron chi connectivity index (χ2n) is 5.88. The van der Waals surface area contributed by atoms with Gasteiger partial charge in [0, 0.05) is 45.5 Å². The van der Waals surface area contributed by atoms with E-state index in [0.717, 1.165) is 17.0 Å². The van der Waals surface area contributed by atoms with Crippen LogP contribution >= 0.6 is 0 Å². The minimum Gasteiger partial charge on any atom is -0.351 e. The van der Waals surface area contributed by atoms with Gasteiger partial charge >= 0.3 is 0 Å². The maximum atomic E-state index is 13.9. The van der Waals surface area contributed by atoms with E-state index >= 15 is 0 Å². The number of nitrogens with zero attached hydrogens (tertiary/aromatic N) is 6. The number of piperazine rings is 1. The van der Waals surface area contributed by atoms with Crippen LogP contribution in [0.5, 0.6) is 0 Å². The van der Waals surface area contributed by atoms with Gasteiger partial charge in [-0.3, -0.25) is 4.98 Å². The number of fused-ring (bicyclic) bond motifs is 1. The largest absolute Gasteiger partial charge is 0.351 e. The monoisotopic (exact) mass is 348 g/mol. The second kappa shape index (κ2) is 5.91. The molecule has 0 aromatic carbocycles. The van der Waals surface area contributed by atoms with Gasteiger partial charge in [0.15, 0.2) is 17.5 Å². The highest BCUT2D eigenvalue weighted by Crippen LogP contribution is 2.24. The van der Waals surface area contributed by atoms with Crippen LogP contribution in [0.1, 0.15) is 0 Å². The van der Waals surface area contributed by atoms with Gasteiger partial charge in [0.2, 0.25) is 5.95 Å². The number of aromatic nitrogens is 4. The predicted octanol–water partition coefficient (Wildman–Crippen LogP) is 2.11. The Balaban J connectivity index is 1.55. The minimum absolute atomic E-state index is 0.159. The smallest absolute Gasteiger partial charge is 0.251 e. The van der Waals surface area contributed by atoms with Crippen molar-refractivity contribution in [2.75, 3.05) is 36.0 Å². The van der Waals surface area contributed by atoms with Crippen LogP contribution in [0.4, 0.5) is 24.9 Å². The Morgan fingerprint density at radius 1 is 0.960 bits per heavy atom. The molecule has 1 aliphatic heterocycles. The Morgan fingerprint density at radius 2 is 1.68 bits per heavy atom. The molecule has 9 heteroatoms. The molecule has 130 valence electrons. The van der Waals surface area contributed by atoms with Crippen molar-refractivity contribution in [1.29, 1.82) is 0 Å². The fourth-order valence-corrected chi connectivity index (χ4v) is 3.10. The van der Waals surface area contributed by atoms with Crippen LogP contribution in [0.25, 0.3) is 11.0 Å². The Morgan fingerprint density at radius 3 is 2.40 bits per heavy atom. The molecular formula is C16H15F3N6. The molecule has 25 heavy (non-hydrogen) atoms. The molecule has 6 nitrogen and oxygen atoms in total. The van der Waals surface area contributed by atoms with Gasteiger partial charge in [0.05, 0.1) is 11.7 Å². The number of anilines is 2. The Labute approximate surface area is 141 Å². The Bertz CT molecular complexity index is 933. The van der Waals surface area contributed by atoms with Gasteiger partial charge in [0.25, 0.3) is 5.95 Å². The van der Waals surface area contributed by atoms with E-state index in [1.54, 1.807) is 17.3 Å². The zero-order chi connectivity index (χ0) is 17.6. The normalized spacial score (nSPS) is 15.2. The van der Waals surface area contributed by atoms with Crippen LogP contribution in [0.3, 0.4) is 0 Å². The molecule has 0 atom stereocenters. The first-order chi connectivity index (χ1) is 12.0. The molecule has 0 amide bonds. The molecule has 4 rings (SSSR count). The van der Waals surface area contributed by atoms with Crippen LogP contribution in [0.2, 0.25) is 0 Å². The first-order valence-electron chi connectivity index (χ1n) is 7.82. The summed E-state index contributed by atoms with van der Waals surface area (Å²) in [4.78, 5) is 15.7. The first-order valence-corrected chi connectivity index (χ1v) is 7.82. The van der Waals surface area contributed by atoms with E-state index in [-0.39, 0.29) is 5.82 Å². The van der Waals surface area contributed by atoms with Crippen LogP contribution in [-0.2, 0) is 7.05 Å². The highest BCUT2D eigenvalue weighted by Gasteiger charge is 2.25. The Kier molecular flexibility index (Phi) is 3.70. The van der Waals surface area contributed by atoms with Gasteiger partial charge in [-0.25, -0.2) is 13.8 Å². The summed E-state index contributed by atoms with van der Waals surface area (Å²) in [6.07, 6.45) is 3.42. The van der Waals surface area contributed by atoms with Crippen molar-refractivity contribution < 1.29 is 13.2 Å². The average molecular weight is 348 g/mol. The quantitative estimate of drug-likeness (QED) is 0.664. The third-order valence-electron chi connectivity index (χ3n) is 4.39. The third kappa shape index (κ3) is 2.65. The van der Waals surface area contributed by atoms with Crippen LogP contribution in [0.15, 0.2) is 24.5 Å². The molecule has 1 fully saturated rings. The molecule has 1 aliphatic rings. The molecule has 0 spiro atoms. The highest BCUT2D eigenvalue weighted by molar-refractivity contribution is 5.77. The predicted molar refractivity (Wildman–Crippen MR) is 87.0 cm³/mol. The summed E-state index contributed by atoms with van der Waals surface area (Å²) >= 11 is 0. The fraction of sp³-hybridized carbons (Fsp3) is 0.312. The molecular weight excluding hydrogens is 333 g/mol. The second-order valence-corrected chi connectivity index (χ2v) is 5.88. The summed E-state index contributed by atoms with van der Waals surface area (Å²) in [6, 6.07) is 2.42. The summed E-state index contributed by atoms with van der Waals surface area (Å²) in [7, 11) is 1.92. The molecule has 0 aliphatic carbocycles. The van der Waals surface area contributed by atoms with E-state index in [1.165, 1.54) is 0 Å². The lowest BCUT2D eigenvalue weighted by Gasteiger charge is -2.35. The lowest BCUT2D eigenvalue weighted by Crippen LogP contribution is -2.48. The summed E-state index contributed by atoms with van der Waals surface area (Å²) in [6.45, 7) is 1.97. The molecule has 0 unspecified atom stereocenters. The number of hydrogen-bond donors (Lipinski definition) is 0. The van der Waals surface area contributed by atoms with Crippen molar-refractivity contribution in [3.63, 3.8) is 0 Å². The van der Waals surface area contributed by atoms with Gasteiger partial charge in [-0.1, -0.05) is 0 Å². The van der Waals surface area contributed by atoms with Gasteiger partial charge in [-0.15, -0.1) is 0 Å². The van der Waals surface area contributed by atoms with E-state index in [2.05, 4.69) is 19.9 Å². The number of imidazole rings is 1. The summed E-state index contributed by atoms with van der Waals surface area (Å²) in [5.41, 5.74) is 1.77. The first kappa shape index (κ1) is 15.7. The molecule has 0 bridgehead atoms. The molecule has 0 radical (unpaired) electrons. The van der Waals surface area contributed by atoms with Crippen molar-refractivity contribution >= 4 is 22.8 Å². The highest BCUT2D eigenvalue weighted by atomic mass is 19.2. The zero-order valence-corrected chi connectivity index (χ0v) is 13.5. The van der Waals surface area contributed by atoms with E-state index in [9.17, 15) is 13.2 Å². The molecule has 3 aromatic rings. The van der Waals surface area contributed by atoms with Crippen LogP contribution in [0, 0.1) is 17.6 Å². The van der Waals surface area contributed by atoms with E-state index < -0.39 is 17.6 Å². The van der Waals surface area contributed by atoms with Crippen molar-refractivity contribution in [2.45, 2.75) is 0 Å². The SMILES string of the molecule is Cn1c(N2CCN(c3nc(F)c(F)cc3F)CC2)nc2cnccc21. The minimum atomic E-state index is -1.29. The van der Waals surface area contributed by atoms with E-state index in [0.29, 0.717) is 32.2 Å². The average Bonchev–Trinajstić information content (AvgIpc) is 2.96.